The van der Waals surface area contributed by atoms with Gasteiger partial charge in [-0.1, -0.05) is 49.4 Å². The minimum atomic E-state index is 0.538. The smallest absolute Gasteiger partial charge is 0.233 e. The number of nitrogens with zero attached hydrogens (tertiary/aromatic N) is 3. The molecule has 1 heterocycles. The quantitative estimate of drug-likeness (QED) is 0.119. The molecule has 0 fully saturated rings. The minimum absolute atomic E-state index is 0.538. The lowest BCUT2D eigenvalue weighted by molar-refractivity contribution is 0.215. The van der Waals surface area contributed by atoms with Crippen LogP contribution in [0.4, 0.5) is 0 Å². The second kappa shape index (κ2) is 16.5. The van der Waals surface area contributed by atoms with Gasteiger partial charge in [0.15, 0.2) is 0 Å². The third-order valence-electron chi connectivity index (χ3n) is 5.25. The summed E-state index contributed by atoms with van der Waals surface area (Å²) in [6, 6.07) is 7.69. The third-order valence-corrected chi connectivity index (χ3v) is 5.25. The SMILES string of the molecule is C/C=C/COc1cc(C)c(OCCCCCCCCCOc2ccc(/C=N/OC)nn2)c(C)c1. The first-order chi connectivity index (χ1) is 16.6. The highest BCUT2D eigenvalue weighted by Gasteiger charge is 2.07. The summed E-state index contributed by atoms with van der Waals surface area (Å²) in [6.45, 7) is 8.16. The highest BCUT2D eigenvalue weighted by molar-refractivity contribution is 5.75. The van der Waals surface area contributed by atoms with E-state index in [0.717, 1.165) is 48.5 Å². The molecule has 186 valence electrons. The monoisotopic (exact) mass is 469 g/mol. The van der Waals surface area contributed by atoms with Gasteiger partial charge in [0.05, 0.1) is 19.4 Å². The lowest BCUT2D eigenvalue weighted by Gasteiger charge is -2.14. The molecule has 0 unspecified atom stereocenters. The van der Waals surface area contributed by atoms with Crippen molar-refractivity contribution in [1.82, 2.24) is 10.2 Å². The summed E-state index contributed by atoms with van der Waals surface area (Å²) in [4.78, 5) is 4.62. The summed E-state index contributed by atoms with van der Waals surface area (Å²) in [5.74, 6) is 2.42. The molecule has 1 aromatic heterocycles. The molecule has 0 spiro atoms. The Hall–Kier alpha value is -3.09. The summed E-state index contributed by atoms with van der Waals surface area (Å²) in [7, 11) is 1.49. The predicted octanol–water partition coefficient (Wildman–Crippen LogP) is 6.22. The molecule has 2 aromatic rings. The van der Waals surface area contributed by atoms with Gasteiger partial charge in [0, 0.05) is 6.07 Å². The maximum atomic E-state index is 6.07. The van der Waals surface area contributed by atoms with Crippen molar-refractivity contribution < 1.29 is 19.0 Å². The molecule has 0 amide bonds. The fourth-order valence-corrected chi connectivity index (χ4v) is 3.48. The molecule has 34 heavy (non-hydrogen) atoms. The Kier molecular flexibility index (Phi) is 13.2. The van der Waals surface area contributed by atoms with Crippen molar-refractivity contribution >= 4 is 6.21 Å². The van der Waals surface area contributed by atoms with Crippen molar-refractivity contribution in [2.75, 3.05) is 26.9 Å². The highest BCUT2D eigenvalue weighted by Crippen LogP contribution is 2.28. The number of allylic oxidation sites excluding steroid dienone is 1. The maximum Gasteiger partial charge on any atom is 0.233 e. The standard InChI is InChI=1S/C27H39N3O4/c1-5-6-16-32-25-19-22(2)27(23(3)20-25)34-18-13-11-9-7-8-10-12-17-33-26-15-14-24(29-30-26)21-28-31-4/h5-6,14-15,19-21H,7-13,16-18H2,1-4H3/b6-5+,28-21+. The summed E-state index contributed by atoms with van der Waals surface area (Å²) in [5.41, 5.74) is 2.88. The Labute approximate surface area is 204 Å². The van der Waals surface area contributed by atoms with Crippen LogP contribution < -0.4 is 14.2 Å². The molecule has 0 aliphatic rings. The Morgan fingerprint density at radius 1 is 0.824 bits per heavy atom. The summed E-state index contributed by atoms with van der Waals surface area (Å²) in [6.07, 6.45) is 13.6. The van der Waals surface area contributed by atoms with E-state index in [2.05, 4.69) is 46.2 Å². The fourth-order valence-electron chi connectivity index (χ4n) is 3.48. The number of aryl methyl sites for hydroxylation is 2. The molecule has 0 bridgehead atoms. The molecule has 0 aliphatic carbocycles. The molecule has 1 aromatic carbocycles. The van der Waals surface area contributed by atoms with Crippen molar-refractivity contribution in [2.45, 2.75) is 65.7 Å². The van der Waals surface area contributed by atoms with Gasteiger partial charge in [-0.2, -0.15) is 0 Å². The first-order valence-electron chi connectivity index (χ1n) is 12.1. The first-order valence-corrected chi connectivity index (χ1v) is 12.1. The Morgan fingerprint density at radius 3 is 2.06 bits per heavy atom. The number of oxime groups is 1. The predicted molar refractivity (Wildman–Crippen MR) is 136 cm³/mol. The number of ether oxygens (including phenoxy) is 3. The average Bonchev–Trinajstić information content (AvgIpc) is 2.83. The highest BCUT2D eigenvalue weighted by atomic mass is 16.6. The van der Waals surface area contributed by atoms with E-state index >= 15 is 0 Å². The van der Waals surface area contributed by atoms with Gasteiger partial charge < -0.3 is 19.0 Å². The minimum Gasteiger partial charge on any atom is -0.493 e. The van der Waals surface area contributed by atoms with Gasteiger partial charge in [-0.15, -0.1) is 10.2 Å². The summed E-state index contributed by atoms with van der Waals surface area (Å²) in [5, 5.41) is 11.7. The van der Waals surface area contributed by atoms with E-state index in [1.54, 1.807) is 12.1 Å². The molecule has 7 nitrogen and oxygen atoms in total. The van der Waals surface area contributed by atoms with Crippen LogP contribution in [0.5, 0.6) is 17.4 Å². The van der Waals surface area contributed by atoms with Crippen LogP contribution in [0, 0.1) is 13.8 Å². The van der Waals surface area contributed by atoms with Crippen LogP contribution in [0.25, 0.3) is 0 Å². The van der Waals surface area contributed by atoms with E-state index in [9.17, 15) is 0 Å². The van der Waals surface area contributed by atoms with E-state index in [1.807, 2.05) is 19.1 Å². The molecule has 0 atom stereocenters. The maximum absolute atomic E-state index is 6.07. The second-order valence-corrected chi connectivity index (χ2v) is 8.15. The van der Waals surface area contributed by atoms with Crippen molar-refractivity contribution in [3.63, 3.8) is 0 Å². The van der Waals surface area contributed by atoms with E-state index in [-0.39, 0.29) is 0 Å². The van der Waals surface area contributed by atoms with Crippen molar-refractivity contribution in [1.29, 1.82) is 0 Å². The van der Waals surface area contributed by atoms with Crippen molar-refractivity contribution in [2.24, 2.45) is 5.16 Å². The van der Waals surface area contributed by atoms with Gasteiger partial charge in [-0.3, -0.25) is 0 Å². The van der Waals surface area contributed by atoms with E-state index in [1.165, 1.54) is 39.0 Å². The molecule has 7 heteroatoms. The van der Waals surface area contributed by atoms with Crippen LogP contribution in [0.3, 0.4) is 0 Å². The molecule has 0 N–H and O–H groups in total. The van der Waals surface area contributed by atoms with E-state index in [0.29, 0.717) is 24.8 Å². The van der Waals surface area contributed by atoms with Crippen molar-refractivity contribution in [3.05, 3.63) is 53.2 Å². The van der Waals surface area contributed by atoms with Gasteiger partial charge in [0.2, 0.25) is 5.88 Å². The number of aromatic nitrogens is 2. The zero-order chi connectivity index (χ0) is 24.4. The van der Waals surface area contributed by atoms with E-state index in [4.69, 9.17) is 14.2 Å². The number of hydrogen-bond acceptors (Lipinski definition) is 7. The number of rotatable bonds is 17. The lowest BCUT2D eigenvalue weighted by Crippen LogP contribution is -2.02. The topological polar surface area (TPSA) is 75.1 Å². The number of benzene rings is 1. The van der Waals surface area contributed by atoms with Gasteiger partial charge >= 0.3 is 0 Å². The molecule has 0 radical (unpaired) electrons. The van der Waals surface area contributed by atoms with Crippen LogP contribution in [-0.2, 0) is 4.84 Å². The molecule has 2 rings (SSSR count). The molecule has 0 saturated carbocycles. The third kappa shape index (κ3) is 10.7. The van der Waals surface area contributed by atoms with Gasteiger partial charge in [0.25, 0.3) is 0 Å². The Bertz CT molecular complexity index is 859. The zero-order valence-corrected chi connectivity index (χ0v) is 21.1. The molecular formula is C27H39N3O4. The van der Waals surface area contributed by atoms with Gasteiger partial charge in [0.1, 0.15) is 30.9 Å². The lowest BCUT2D eigenvalue weighted by atomic mass is 10.1. The average molecular weight is 470 g/mol. The van der Waals surface area contributed by atoms with E-state index < -0.39 is 0 Å². The molecular weight excluding hydrogens is 430 g/mol. The normalized spacial score (nSPS) is 11.3. The number of unbranched alkanes of at least 4 members (excludes halogenated alkanes) is 6. The Balaban J connectivity index is 1.49. The van der Waals surface area contributed by atoms with Crippen LogP contribution in [0.2, 0.25) is 0 Å². The van der Waals surface area contributed by atoms with Crippen LogP contribution in [-0.4, -0.2) is 43.3 Å². The van der Waals surface area contributed by atoms with Gasteiger partial charge in [-0.05, 0) is 62.9 Å². The first kappa shape index (κ1) is 27.2. The largest absolute Gasteiger partial charge is 0.493 e. The zero-order valence-electron chi connectivity index (χ0n) is 21.1. The second-order valence-electron chi connectivity index (χ2n) is 8.15. The summed E-state index contributed by atoms with van der Waals surface area (Å²) < 4.78 is 17.4. The number of hydrogen-bond donors (Lipinski definition) is 0. The Morgan fingerprint density at radius 2 is 1.47 bits per heavy atom. The molecule has 0 aliphatic heterocycles. The van der Waals surface area contributed by atoms with Crippen LogP contribution >= 0.6 is 0 Å². The summed E-state index contributed by atoms with van der Waals surface area (Å²) >= 11 is 0. The van der Waals surface area contributed by atoms with Crippen molar-refractivity contribution in [3.8, 4) is 17.4 Å². The van der Waals surface area contributed by atoms with Gasteiger partial charge in [-0.25, -0.2) is 0 Å². The fraction of sp³-hybridized carbons (Fsp3) is 0.519. The van der Waals surface area contributed by atoms with Crippen LogP contribution in [0.15, 0.2) is 41.6 Å². The molecule has 0 saturated heterocycles. The van der Waals surface area contributed by atoms with Crippen LogP contribution in [0.1, 0.15) is 68.7 Å².